The lowest BCUT2D eigenvalue weighted by Crippen LogP contribution is -2.01. The Morgan fingerprint density at radius 3 is 2.58 bits per heavy atom. The molecule has 1 aromatic rings. The molecule has 0 aromatic heterocycles. The van der Waals surface area contributed by atoms with E-state index in [0.717, 1.165) is 15.7 Å². The van der Waals surface area contributed by atoms with Gasteiger partial charge in [0.05, 0.1) is 6.04 Å². The van der Waals surface area contributed by atoms with E-state index >= 15 is 0 Å². The molecule has 0 bridgehead atoms. The lowest BCUT2D eigenvalue weighted by atomic mass is 10.2. The van der Waals surface area contributed by atoms with Crippen molar-refractivity contribution in [3.63, 3.8) is 0 Å². The summed E-state index contributed by atoms with van der Waals surface area (Å²) in [6.45, 7) is 1.41. The molecular weight excluding hydrogens is 288 g/mol. The fourth-order valence-electron chi connectivity index (χ4n) is 1.65. The molecule has 0 saturated carbocycles. The number of ether oxygens (including phenoxy) is 1. The number of aliphatic imine (C=N–C) groups is 1. The van der Waals surface area contributed by atoms with Gasteiger partial charge in [0.1, 0.15) is 10.1 Å². The Kier molecular flexibility index (Phi) is 5.10. The van der Waals surface area contributed by atoms with Crippen molar-refractivity contribution in [1.82, 2.24) is 0 Å². The number of rotatable bonds is 4. The maximum Gasteiger partial charge on any atom is 0.387 e. The van der Waals surface area contributed by atoms with Crippen LogP contribution >= 0.6 is 23.5 Å². The third-order valence-electron chi connectivity index (χ3n) is 2.63. The van der Waals surface area contributed by atoms with Crippen molar-refractivity contribution < 1.29 is 13.5 Å². The van der Waals surface area contributed by atoms with Gasteiger partial charge in [-0.3, -0.25) is 4.99 Å². The molecular formula is C13H15F2NOS2. The second-order valence-corrected chi connectivity index (χ2v) is 6.86. The summed E-state index contributed by atoms with van der Waals surface area (Å²) < 4.78 is 29.5. The molecule has 2 rings (SSSR count). The van der Waals surface area contributed by atoms with E-state index in [1.165, 1.54) is 0 Å². The Morgan fingerprint density at radius 2 is 2.05 bits per heavy atom. The number of alkyl halides is 2. The highest BCUT2D eigenvalue weighted by Gasteiger charge is 2.18. The second kappa shape index (κ2) is 6.61. The van der Waals surface area contributed by atoms with Gasteiger partial charge in [-0.25, -0.2) is 0 Å². The van der Waals surface area contributed by atoms with Crippen LogP contribution in [0.2, 0.25) is 0 Å². The molecule has 1 aromatic carbocycles. The van der Waals surface area contributed by atoms with E-state index in [4.69, 9.17) is 0 Å². The minimum atomic E-state index is -2.77. The van der Waals surface area contributed by atoms with E-state index in [-0.39, 0.29) is 11.0 Å². The molecule has 0 aliphatic carbocycles. The fourth-order valence-corrected chi connectivity index (χ4v) is 4.11. The summed E-state index contributed by atoms with van der Waals surface area (Å²) in [6.07, 6.45) is 0. The van der Waals surface area contributed by atoms with Crippen LogP contribution in [0.3, 0.4) is 0 Å². The van der Waals surface area contributed by atoms with Crippen LogP contribution in [-0.4, -0.2) is 22.8 Å². The fraction of sp³-hybridized carbons (Fsp3) is 0.462. The minimum Gasteiger partial charge on any atom is -0.435 e. The highest BCUT2D eigenvalue weighted by Crippen LogP contribution is 2.36. The van der Waals surface area contributed by atoms with Crippen LogP contribution in [0.5, 0.6) is 5.75 Å². The summed E-state index contributed by atoms with van der Waals surface area (Å²) in [5, 5.41) is 0.247. The molecule has 1 heterocycles. The van der Waals surface area contributed by atoms with Gasteiger partial charge < -0.3 is 4.74 Å². The summed E-state index contributed by atoms with van der Waals surface area (Å²) in [4.78, 5) is 4.53. The highest BCUT2D eigenvalue weighted by molar-refractivity contribution is 8.39. The normalized spacial score (nSPS) is 20.5. The topological polar surface area (TPSA) is 21.6 Å². The van der Waals surface area contributed by atoms with E-state index < -0.39 is 6.61 Å². The molecule has 0 saturated heterocycles. The first kappa shape index (κ1) is 14.7. The summed E-state index contributed by atoms with van der Waals surface area (Å²) in [5.74, 6) is 1.23. The predicted molar refractivity (Wildman–Crippen MR) is 78.4 cm³/mol. The van der Waals surface area contributed by atoms with Gasteiger partial charge in [-0.15, -0.1) is 0 Å². The van der Waals surface area contributed by atoms with Crippen molar-refractivity contribution in [2.45, 2.75) is 31.8 Å². The van der Waals surface area contributed by atoms with Crippen LogP contribution in [0.25, 0.3) is 0 Å². The van der Waals surface area contributed by atoms with Crippen LogP contribution in [-0.2, 0) is 0 Å². The van der Waals surface area contributed by atoms with Gasteiger partial charge in [0.25, 0.3) is 0 Å². The average molecular weight is 303 g/mol. The van der Waals surface area contributed by atoms with Crippen molar-refractivity contribution in [2.24, 2.45) is 4.99 Å². The van der Waals surface area contributed by atoms with Crippen molar-refractivity contribution in [3.05, 3.63) is 29.8 Å². The molecule has 0 amide bonds. The smallest absolute Gasteiger partial charge is 0.387 e. The van der Waals surface area contributed by atoms with Crippen LogP contribution < -0.4 is 4.74 Å². The third kappa shape index (κ3) is 4.38. The predicted octanol–water partition coefficient (Wildman–Crippen LogP) is 4.57. The molecule has 0 fully saturated rings. The van der Waals surface area contributed by atoms with Crippen molar-refractivity contribution in [3.8, 4) is 5.75 Å². The van der Waals surface area contributed by atoms with Crippen LogP contribution in [0, 0.1) is 0 Å². The lowest BCUT2D eigenvalue weighted by Gasteiger charge is -2.12. The molecule has 2 nitrogen and oxygen atoms in total. The summed E-state index contributed by atoms with van der Waals surface area (Å²) >= 11 is 3.48. The average Bonchev–Trinajstić information content (AvgIpc) is 2.75. The van der Waals surface area contributed by atoms with E-state index in [9.17, 15) is 8.78 Å². The molecule has 0 N–H and O–H groups in total. The molecule has 19 heavy (non-hydrogen) atoms. The number of halogens is 2. The van der Waals surface area contributed by atoms with E-state index in [1.54, 1.807) is 35.7 Å². The number of hydrogen-bond donors (Lipinski definition) is 0. The number of thioether (sulfide) groups is 2. The first-order chi connectivity index (χ1) is 9.04. The van der Waals surface area contributed by atoms with E-state index in [0.29, 0.717) is 6.04 Å². The first-order valence-corrected chi connectivity index (χ1v) is 7.83. The maximum atomic E-state index is 12.0. The minimum absolute atomic E-state index is 0.192. The Labute approximate surface area is 120 Å². The summed E-state index contributed by atoms with van der Waals surface area (Å²) in [7, 11) is 0. The molecule has 0 radical (unpaired) electrons. The van der Waals surface area contributed by atoms with Crippen LogP contribution in [0.4, 0.5) is 8.78 Å². The molecule has 0 unspecified atom stereocenters. The largest absolute Gasteiger partial charge is 0.435 e. The standard InChI is InChI=1S/C13H15F2NOS2/c1-8-7-18-13(16-8)19-9(2)10-3-5-11(6-4-10)17-12(14)15/h3-6,8-9,12H,7H2,1-2H3/t8-,9+/m0/s1. The van der Waals surface area contributed by atoms with Crippen molar-refractivity contribution in [2.75, 3.05) is 5.75 Å². The SMILES string of the molecule is C[C@H]1CSC(S[C@H](C)c2ccc(OC(F)F)cc2)=N1. The van der Waals surface area contributed by atoms with Gasteiger partial charge in [0.15, 0.2) is 0 Å². The quantitative estimate of drug-likeness (QED) is 0.813. The Morgan fingerprint density at radius 1 is 1.37 bits per heavy atom. The Hall–Kier alpha value is -0.750. The Balaban J connectivity index is 1.95. The van der Waals surface area contributed by atoms with E-state index in [1.807, 2.05) is 12.1 Å². The summed E-state index contributed by atoms with van der Waals surface area (Å²) in [6, 6.07) is 7.18. The van der Waals surface area contributed by atoms with Gasteiger partial charge in [0.2, 0.25) is 0 Å². The molecule has 1 aliphatic rings. The molecule has 6 heteroatoms. The zero-order chi connectivity index (χ0) is 13.8. The van der Waals surface area contributed by atoms with Gasteiger partial charge in [-0.2, -0.15) is 8.78 Å². The number of benzene rings is 1. The zero-order valence-corrected chi connectivity index (χ0v) is 12.3. The van der Waals surface area contributed by atoms with Crippen LogP contribution in [0.15, 0.2) is 29.3 Å². The third-order valence-corrected chi connectivity index (χ3v) is 5.20. The van der Waals surface area contributed by atoms with Gasteiger partial charge >= 0.3 is 6.61 Å². The van der Waals surface area contributed by atoms with Gasteiger partial charge in [0, 0.05) is 11.0 Å². The summed E-state index contributed by atoms with van der Waals surface area (Å²) in [5.41, 5.74) is 1.08. The molecule has 2 atom stereocenters. The molecule has 1 aliphatic heterocycles. The molecule has 104 valence electrons. The van der Waals surface area contributed by atoms with Crippen LogP contribution in [0.1, 0.15) is 24.7 Å². The van der Waals surface area contributed by atoms with Crippen molar-refractivity contribution in [1.29, 1.82) is 0 Å². The highest BCUT2D eigenvalue weighted by atomic mass is 32.2. The van der Waals surface area contributed by atoms with Gasteiger partial charge in [-0.1, -0.05) is 35.7 Å². The number of hydrogen-bond acceptors (Lipinski definition) is 4. The first-order valence-electron chi connectivity index (χ1n) is 5.96. The lowest BCUT2D eigenvalue weighted by molar-refractivity contribution is -0.0498. The number of nitrogens with zero attached hydrogens (tertiary/aromatic N) is 1. The monoisotopic (exact) mass is 303 g/mol. The second-order valence-electron chi connectivity index (χ2n) is 4.26. The zero-order valence-electron chi connectivity index (χ0n) is 10.7. The molecule has 0 spiro atoms. The maximum absolute atomic E-state index is 12.0. The van der Waals surface area contributed by atoms with E-state index in [2.05, 4.69) is 23.6 Å². The van der Waals surface area contributed by atoms with Gasteiger partial charge in [-0.05, 0) is 31.5 Å². The Bertz CT molecular complexity index is 450. The van der Waals surface area contributed by atoms with Crippen molar-refractivity contribution >= 4 is 27.9 Å².